The predicted octanol–water partition coefficient (Wildman–Crippen LogP) is 1.85. The third kappa shape index (κ3) is 2.14. The zero-order valence-electron chi connectivity index (χ0n) is 10.6. The lowest BCUT2D eigenvalue weighted by molar-refractivity contribution is -0.384. The van der Waals surface area contributed by atoms with Crippen LogP contribution in [0.15, 0.2) is 18.2 Å². The molecule has 2 fully saturated rings. The van der Waals surface area contributed by atoms with Crippen LogP contribution in [-0.4, -0.2) is 39.5 Å². The van der Waals surface area contributed by atoms with Gasteiger partial charge in [0.15, 0.2) is 0 Å². The van der Waals surface area contributed by atoms with Crippen LogP contribution in [0.25, 0.3) is 0 Å². The van der Waals surface area contributed by atoms with Crippen molar-refractivity contribution in [1.29, 1.82) is 0 Å². The number of rotatable bonds is 3. The van der Waals surface area contributed by atoms with E-state index in [0.717, 1.165) is 12.8 Å². The number of carbonyl (C=O) groups excluding carboxylic acids is 1. The third-order valence-corrected chi connectivity index (χ3v) is 4.25. The average molecular weight is 297 g/mol. The molecule has 0 bridgehead atoms. The molecule has 0 aromatic heterocycles. The van der Waals surface area contributed by atoms with Crippen LogP contribution in [0.5, 0.6) is 0 Å². The lowest BCUT2D eigenvalue weighted by atomic mass is 9.88. The van der Waals surface area contributed by atoms with Gasteiger partial charge in [-0.2, -0.15) is 0 Å². The number of likely N-dealkylation sites (tertiary alicyclic amines) is 1. The molecule has 1 heterocycles. The van der Waals surface area contributed by atoms with Gasteiger partial charge in [-0.1, -0.05) is 11.6 Å². The Balaban J connectivity index is 1.72. The molecule has 1 saturated carbocycles. The lowest BCUT2D eigenvalue weighted by Gasteiger charge is -2.47. The van der Waals surface area contributed by atoms with Gasteiger partial charge in [0.25, 0.3) is 11.6 Å². The summed E-state index contributed by atoms with van der Waals surface area (Å²) >= 11 is 5.79. The summed E-state index contributed by atoms with van der Waals surface area (Å²) in [4.78, 5) is 23.8. The summed E-state index contributed by atoms with van der Waals surface area (Å²) < 4.78 is 0. The van der Waals surface area contributed by atoms with Crippen LogP contribution in [0, 0.1) is 16.0 Å². The first kappa shape index (κ1) is 13.3. The summed E-state index contributed by atoms with van der Waals surface area (Å²) in [6, 6.07) is 3.92. The number of nitro benzene ring substituents is 1. The molecule has 7 heteroatoms. The molecule has 1 aromatic rings. The van der Waals surface area contributed by atoms with Crippen LogP contribution < -0.4 is 0 Å². The topological polar surface area (TPSA) is 83.7 Å². The standard InChI is InChI=1S/C13H13ClN2O4/c14-10-5-8(1-4-11(10)16(19)20)12(17)15-6-13(18,7-15)9-2-3-9/h1,4-5,9,18H,2-3,6-7H2. The summed E-state index contributed by atoms with van der Waals surface area (Å²) in [5.41, 5.74) is -0.653. The smallest absolute Gasteiger partial charge is 0.287 e. The molecule has 0 atom stereocenters. The van der Waals surface area contributed by atoms with E-state index < -0.39 is 10.5 Å². The van der Waals surface area contributed by atoms with Gasteiger partial charge in [0.1, 0.15) is 10.6 Å². The lowest BCUT2D eigenvalue weighted by Crippen LogP contribution is -2.64. The first-order valence-corrected chi connectivity index (χ1v) is 6.74. The highest BCUT2D eigenvalue weighted by molar-refractivity contribution is 6.33. The number of aliphatic hydroxyl groups is 1. The van der Waals surface area contributed by atoms with Gasteiger partial charge in [0.05, 0.1) is 18.0 Å². The van der Waals surface area contributed by atoms with E-state index >= 15 is 0 Å². The van der Waals surface area contributed by atoms with Crippen molar-refractivity contribution in [1.82, 2.24) is 4.90 Å². The second-order valence-electron chi connectivity index (χ2n) is 5.46. The van der Waals surface area contributed by atoms with Gasteiger partial charge in [-0.3, -0.25) is 14.9 Å². The van der Waals surface area contributed by atoms with Gasteiger partial charge < -0.3 is 10.0 Å². The maximum Gasteiger partial charge on any atom is 0.287 e. The summed E-state index contributed by atoms with van der Waals surface area (Å²) in [7, 11) is 0. The van der Waals surface area contributed by atoms with Crippen LogP contribution >= 0.6 is 11.6 Å². The van der Waals surface area contributed by atoms with Crippen LogP contribution in [0.3, 0.4) is 0 Å². The number of β-amino-alcohol motifs (C(OH)–C–C–N with tert-alkyl or cyclic N) is 1. The van der Waals surface area contributed by atoms with Gasteiger partial charge in [-0.25, -0.2) is 0 Å². The van der Waals surface area contributed by atoms with E-state index in [4.69, 9.17) is 11.6 Å². The Labute approximate surface area is 120 Å². The highest BCUT2D eigenvalue weighted by Crippen LogP contribution is 2.44. The van der Waals surface area contributed by atoms with Gasteiger partial charge in [-0.15, -0.1) is 0 Å². The summed E-state index contributed by atoms with van der Waals surface area (Å²) in [5, 5.41) is 20.8. The van der Waals surface area contributed by atoms with Crippen molar-refractivity contribution in [2.75, 3.05) is 13.1 Å². The van der Waals surface area contributed by atoms with Crippen LogP contribution in [0.4, 0.5) is 5.69 Å². The number of hydrogen-bond acceptors (Lipinski definition) is 4. The predicted molar refractivity (Wildman–Crippen MR) is 71.7 cm³/mol. The monoisotopic (exact) mass is 296 g/mol. The van der Waals surface area contributed by atoms with E-state index in [1.165, 1.54) is 23.1 Å². The van der Waals surface area contributed by atoms with Crippen molar-refractivity contribution in [2.24, 2.45) is 5.92 Å². The van der Waals surface area contributed by atoms with Gasteiger partial charge in [-0.05, 0) is 30.9 Å². The SMILES string of the molecule is O=C(c1ccc([N+](=O)[O-])c(Cl)c1)N1CC(O)(C2CC2)C1. The Hall–Kier alpha value is -1.66. The summed E-state index contributed by atoms with van der Waals surface area (Å²) in [6.45, 7) is 0.649. The fourth-order valence-corrected chi connectivity index (χ4v) is 2.86. The molecule has 1 aliphatic heterocycles. The maximum atomic E-state index is 12.2. The Kier molecular flexibility index (Phi) is 2.95. The van der Waals surface area contributed by atoms with E-state index in [2.05, 4.69) is 0 Å². The molecule has 0 spiro atoms. The molecule has 1 amide bonds. The summed E-state index contributed by atoms with van der Waals surface area (Å²) in [5.74, 6) is 0.0547. The van der Waals surface area contributed by atoms with E-state index in [0.29, 0.717) is 24.6 Å². The highest BCUT2D eigenvalue weighted by atomic mass is 35.5. The molecule has 106 valence electrons. The normalized spacial score (nSPS) is 20.4. The van der Waals surface area contributed by atoms with Crippen molar-refractivity contribution in [3.8, 4) is 0 Å². The largest absolute Gasteiger partial charge is 0.386 e. The Morgan fingerprint density at radius 1 is 1.45 bits per heavy atom. The van der Waals surface area contributed by atoms with Crippen molar-refractivity contribution in [3.05, 3.63) is 38.9 Å². The number of carbonyl (C=O) groups is 1. The zero-order valence-corrected chi connectivity index (χ0v) is 11.3. The number of benzene rings is 1. The molecule has 20 heavy (non-hydrogen) atoms. The highest BCUT2D eigenvalue weighted by Gasteiger charge is 2.53. The molecule has 6 nitrogen and oxygen atoms in total. The molecule has 3 rings (SSSR count). The van der Waals surface area contributed by atoms with E-state index in [-0.39, 0.29) is 16.6 Å². The minimum absolute atomic E-state index is 0.0566. The second-order valence-corrected chi connectivity index (χ2v) is 5.87. The van der Waals surface area contributed by atoms with Crippen molar-refractivity contribution < 1.29 is 14.8 Å². The Morgan fingerprint density at radius 2 is 2.10 bits per heavy atom. The summed E-state index contributed by atoms with van der Waals surface area (Å²) in [6.07, 6.45) is 2.03. The second kappa shape index (κ2) is 4.43. The molecule has 0 radical (unpaired) electrons. The van der Waals surface area contributed by atoms with Gasteiger partial charge in [0, 0.05) is 11.6 Å². The quantitative estimate of drug-likeness (QED) is 0.681. The van der Waals surface area contributed by atoms with Crippen LogP contribution in [0.1, 0.15) is 23.2 Å². The van der Waals surface area contributed by atoms with Gasteiger partial charge >= 0.3 is 0 Å². The van der Waals surface area contributed by atoms with Crippen molar-refractivity contribution in [2.45, 2.75) is 18.4 Å². The molecular weight excluding hydrogens is 284 g/mol. The molecule has 2 aliphatic rings. The first-order chi connectivity index (χ1) is 9.40. The number of nitro groups is 1. The number of hydrogen-bond donors (Lipinski definition) is 1. The van der Waals surface area contributed by atoms with E-state index in [1.54, 1.807) is 0 Å². The fourth-order valence-electron chi connectivity index (χ4n) is 2.61. The molecular formula is C13H13ClN2O4. The fraction of sp³-hybridized carbons (Fsp3) is 0.462. The average Bonchev–Trinajstić information content (AvgIpc) is 3.18. The molecule has 1 aromatic carbocycles. The number of nitrogens with zero attached hydrogens (tertiary/aromatic N) is 2. The molecule has 1 N–H and O–H groups in total. The van der Waals surface area contributed by atoms with Crippen LogP contribution in [-0.2, 0) is 0 Å². The maximum absolute atomic E-state index is 12.2. The van der Waals surface area contributed by atoms with Gasteiger partial charge in [0.2, 0.25) is 0 Å². The minimum atomic E-state index is -0.736. The molecule has 1 aliphatic carbocycles. The number of halogens is 1. The van der Waals surface area contributed by atoms with E-state index in [9.17, 15) is 20.0 Å². The minimum Gasteiger partial charge on any atom is -0.386 e. The third-order valence-electron chi connectivity index (χ3n) is 3.95. The van der Waals surface area contributed by atoms with Crippen molar-refractivity contribution >= 4 is 23.2 Å². The zero-order chi connectivity index (χ0) is 14.5. The number of amides is 1. The van der Waals surface area contributed by atoms with E-state index in [1.807, 2.05) is 0 Å². The first-order valence-electron chi connectivity index (χ1n) is 6.36. The van der Waals surface area contributed by atoms with Crippen LogP contribution in [0.2, 0.25) is 5.02 Å². The Bertz CT molecular complexity index is 594. The molecule has 0 unspecified atom stereocenters. The van der Waals surface area contributed by atoms with Crippen molar-refractivity contribution in [3.63, 3.8) is 0 Å². The Morgan fingerprint density at radius 3 is 2.60 bits per heavy atom. The molecule has 1 saturated heterocycles.